The molecular formula is C16H25ClN4O4S. The van der Waals surface area contributed by atoms with Crippen molar-refractivity contribution in [3.63, 3.8) is 0 Å². The highest BCUT2D eigenvalue weighted by Crippen LogP contribution is 2.11. The second-order valence-corrected chi connectivity index (χ2v) is 8.52. The lowest BCUT2D eigenvalue weighted by atomic mass is 10.3. The van der Waals surface area contributed by atoms with Crippen LogP contribution in [0.3, 0.4) is 0 Å². The van der Waals surface area contributed by atoms with Crippen LogP contribution in [-0.4, -0.2) is 38.4 Å². The first-order valence-electron chi connectivity index (χ1n) is 8.89. The van der Waals surface area contributed by atoms with Crippen molar-refractivity contribution in [3.05, 3.63) is 27.0 Å². The Labute approximate surface area is 157 Å². The Morgan fingerprint density at radius 3 is 2.23 bits per heavy atom. The number of aromatic nitrogens is 4. The molecule has 0 aliphatic rings. The van der Waals surface area contributed by atoms with E-state index in [1.54, 1.807) is 0 Å². The number of alkyl halides is 1. The van der Waals surface area contributed by atoms with E-state index in [0.717, 1.165) is 23.3 Å². The van der Waals surface area contributed by atoms with Gasteiger partial charge in [0.2, 0.25) is 0 Å². The lowest BCUT2D eigenvalue weighted by molar-refractivity contribution is 0.529. The first-order chi connectivity index (χ1) is 12.4. The minimum Gasteiger partial charge on any atom is -0.276 e. The fourth-order valence-corrected chi connectivity index (χ4v) is 4.12. The van der Waals surface area contributed by atoms with Crippen LogP contribution in [-0.2, 0) is 23.1 Å². The molecular weight excluding hydrogens is 380 g/mol. The molecule has 0 amide bonds. The zero-order valence-corrected chi connectivity index (χ0v) is 16.7. The summed E-state index contributed by atoms with van der Waals surface area (Å²) in [6.45, 7) is 4.66. The highest BCUT2D eigenvalue weighted by molar-refractivity contribution is 7.89. The molecule has 146 valence electrons. The van der Waals surface area contributed by atoms with Gasteiger partial charge in [0.15, 0.2) is 5.65 Å². The molecule has 0 bridgehead atoms. The molecule has 0 aliphatic heterocycles. The van der Waals surface area contributed by atoms with Gasteiger partial charge in [0, 0.05) is 19.0 Å². The molecule has 2 rings (SSSR count). The van der Waals surface area contributed by atoms with Crippen LogP contribution in [0, 0.1) is 0 Å². The number of unbranched alkanes of at least 4 members (excludes halogenated alkanes) is 2. The smallest absolute Gasteiger partial charge is 0.276 e. The second-order valence-electron chi connectivity index (χ2n) is 6.20. The predicted octanol–water partition coefficient (Wildman–Crippen LogP) is 1.77. The first kappa shape index (κ1) is 20.7. The Balaban J connectivity index is 2.69. The van der Waals surface area contributed by atoms with Crippen molar-refractivity contribution in [1.29, 1.82) is 0 Å². The van der Waals surface area contributed by atoms with Gasteiger partial charge < -0.3 is 0 Å². The van der Waals surface area contributed by atoms with E-state index in [4.69, 9.17) is 11.6 Å². The second kappa shape index (κ2) is 8.85. The number of aryl methyl sites for hydroxylation is 1. The number of fused-ring (bicyclic) bond motifs is 1. The summed E-state index contributed by atoms with van der Waals surface area (Å²) < 4.78 is 28.2. The summed E-state index contributed by atoms with van der Waals surface area (Å²) in [6, 6.07) is 0. The predicted molar refractivity (Wildman–Crippen MR) is 103 cm³/mol. The van der Waals surface area contributed by atoms with Gasteiger partial charge in [-0.05, 0) is 19.3 Å². The number of hydrogen-bond donors (Lipinski definition) is 0. The van der Waals surface area contributed by atoms with Gasteiger partial charge in [-0.2, -0.15) is 4.09 Å². The average molecular weight is 405 g/mol. The molecule has 0 radical (unpaired) electrons. The van der Waals surface area contributed by atoms with Crippen molar-refractivity contribution in [2.24, 2.45) is 0 Å². The third kappa shape index (κ3) is 4.20. The number of hydrogen-bond acceptors (Lipinski definition) is 5. The van der Waals surface area contributed by atoms with Gasteiger partial charge in [0.1, 0.15) is 5.39 Å². The van der Waals surface area contributed by atoms with Crippen LogP contribution in [0.1, 0.15) is 46.0 Å². The monoisotopic (exact) mass is 404 g/mol. The van der Waals surface area contributed by atoms with Crippen molar-refractivity contribution in [1.82, 2.24) is 18.3 Å². The molecule has 0 spiro atoms. The van der Waals surface area contributed by atoms with Crippen molar-refractivity contribution in [3.8, 4) is 0 Å². The standard InChI is InChI=1S/C16H25ClN4O4S/c1-3-5-9-19-14-13(15(22)20(16(19)23)10-6-4-2)12-21(18-14)26(24,25)11-7-8-17/h12H,3-11H2,1-2H3. The quantitative estimate of drug-likeness (QED) is 0.562. The van der Waals surface area contributed by atoms with E-state index >= 15 is 0 Å². The minimum atomic E-state index is -3.72. The SMILES string of the molecule is CCCCn1c(=O)c2cn(S(=O)(=O)CCCCl)nc2n(CCCC)c1=O. The number of halogens is 1. The lowest BCUT2D eigenvalue weighted by Crippen LogP contribution is -2.40. The third-order valence-electron chi connectivity index (χ3n) is 4.16. The van der Waals surface area contributed by atoms with Gasteiger partial charge in [0.05, 0.1) is 11.9 Å². The number of nitrogens with zero attached hydrogens (tertiary/aromatic N) is 4. The molecule has 0 saturated heterocycles. The third-order valence-corrected chi connectivity index (χ3v) is 5.99. The Kier molecular flexibility index (Phi) is 7.05. The van der Waals surface area contributed by atoms with Crippen LogP contribution in [0.25, 0.3) is 11.0 Å². The van der Waals surface area contributed by atoms with E-state index in [9.17, 15) is 18.0 Å². The zero-order valence-electron chi connectivity index (χ0n) is 15.1. The van der Waals surface area contributed by atoms with E-state index in [-0.39, 0.29) is 29.1 Å². The number of rotatable bonds is 10. The van der Waals surface area contributed by atoms with E-state index in [2.05, 4.69) is 5.10 Å². The van der Waals surface area contributed by atoms with Gasteiger partial charge in [-0.1, -0.05) is 26.7 Å². The summed E-state index contributed by atoms with van der Waals surface area (Å²) in [5, 5.41) is 4.21. The summed E-state index contributed by atoms with van der Waals surface area (Å²) >= 11 is 5.58. The molecule has 26 heavy (non-hydrogen) atoms. The van der Waals surface area contributed by atoms with Crippen LogP contribution in [0.15, 0.2) is 15.8 Å². The highest BCUT2D eigenvalue weighted by atomic mass is 35.5. The molecule has 8 nitrogen and oxygen atoms in total. The van der Waals surface area contributed by atoms with Gasteiger partial charge in [-0.15, -0.1) is 16.7 Å². The van der Waals surface area contributed by atoms with Crippen LogP contribution in [0.4, 0.5) is 0 Å². The summed E-state index contributed by atoms with van der Waals surface area (Å²) in [7, 11) is -3.72. The molecule has 0 fully saturated rings. The highest BCUT2D eigenvalue weighted by Gasteiger charge is 2.21. The van der Waals surface area contributed by atoms with Gasteiger partial charge in [-0.25, -0.2) is 13.2 Å². The minimum absolute atomic E-state index is 0.121. The van der Waals surface area contributed by atoms with E-state index in [1.807, 2.05) is 13.8 Å². The topological polar surface area (TPSA) is 96.0 Å². The largest absolute Gasteiger partial charge is 0.332 e. The van der Waals surface area contributed by atoms with Gasteiger partial charge in [0.25, 0.3) is 15.6 Å². The molecule has 2 aromatic heterocycles. The maximum Gasteiger partial charge on any atom is 0.332 e. The van der Waals surface area contributed by atoms with Crippen molar-refractivity contribution in [2.45, 2.75) is 59.0 Å². The zero-order chi connectivity index (χ0) is 19.3. The molecule has 0 saturated carbocycles. The van der Waals surface area contributed by atoms with Crippen LogP contribution < -0.4 is 11.2 Å². The Morgan fingerprint density at radius 2 is 1.65 bits per heavy atom. The fraction of sp³-hybridized carbons (Fsp3) is 0.688. The van der Waals surface area contributed by atoms with Crippen LogP contribution >= 0.6 is 11.6 Å². The van der Waals surface area contributed by atoms with Crippen LogP contribution in [0.2, 0.25) is 0 Å². The maximum atomic E-state index is 12.8. The van der Waals surface area contributed by atoms with Crippen molar-refractivity contribution >= 4 is 32.7 Å². The molecule has 0 aliphatic carbocycles. The molecule has 0 atom stereocenters. The van der Waals surface area contributed by atoms with Crippen molar-refractivity contribution in [2.75, 3.05) is 11.6 Å². The maximum absolute atomic E-state index is 12.8. The summed E-state index contributed by atoms with van der Waals surface area (Å²) in [5.74, 6) is 0.0404. The average Bonchev–Trinajstić information content (AvgIpc) is 3.06. The van der Waals surface area contributed by atoms with Crippen LogP contribution in [0.5, 0.6) is 0 Å². The fourth-order valence-electron chi connectivity index (χ4n) is 2.67. The Bertz CT molecular complexity index is 975. The summed E-state index contributed by atoms with van der Waals surface area (Å²) in [6.07, 6.45) is 4.61. The van der Waals surface area contributed by atoms with Crippen molar-refractivity contribution < 1.29 is 8.42 Å². The molecule has 0 N–H and O–H groups in total. The molecule has 2 heterocycles. The molecule has 2 aromatic rings. The molecule has 0 aromatic carbocycles. The Hall–Kier alpha value is -1.61. The van der Waals surface area contributed by atoms with E-state index < -0.39 is 21.3 Å². The summed E-state index contributed by atoms with van der Waals surface area (Å²) in [5.41, 5.74) is -0.812. The van der Waals surface area contributed by atoms with Gasteiger partial charge >= 0.3 is 5.69 Å². The lowest BCUT2D eigenvalue weighted by Gasteiger charge is -2.10. The normalized spacial score (nSPS) is 12.1. The first-order valence-corrected chi connectivity index (χ1v) is 11.0. The van der Waals surface area contributed by atoms with E-state index in [0.29, 0.717) is 19.5 Å². The van der Waals surface area contributed by atoms with Gasteiger partial charge in [-0.3, -0.25) is 13.9 Å². The van der Waals surface area contributed by atoms with E-state index in [1.165, 1.54) is 15.3 Å². The molecule has 0 unspecified atom stereocenters. The summed E-state index contributed by atoms with van der Waals surface area (Å²) in [4.78, 5) is 25.5. The Morgan fingerprint density at radius 1 is 1.04 bits per heavy atom. The molecule has 10 heteroatoms.